The van der Waals surface area contributed by atoms with Crippen molar-refractivity contribution in [3.05, 3.63) is 123 Å². The fraction of sp³-hybridized carbons (Fsp3) is 0.250. The first-order valence-electron chi connectivity index (χ1n) is 12.8. The van der Waals surface area contributed by atoms with Crippen LogP contribution >= 0.6 is 0 Å². The zero-order valence-electron chi connectivity index (χ0n) is 22.1. The maximum Gasteiger partial charge on any atom is 0.225 e. The van der Waals surface area contributed by atoms with Crippen molar-refractivity contribution in [2.45, 2.75) is 52.7 Å². The summed E-state index contributed by atoms with van der Waals surface area (Å²) in [6, 6.07) is 23.8. The third-order valence-electron chi connectivity index (χ3n) is 6.99. The van der Waals surface area contributed by atoms with Crippen LogP contribution in [0, 0.1) is 27.7 Å². The molecule has 5 aromatic rings. The molecule has 38 heavy (non-hydrogen) atoms. The maximum atomic E-state index is 13.2. The molecule has 0 aliphatic rings. The first-order valence-corrected chi connectivity index (χ1v) is 12.8. The van der Waals surface area contributed by atoms with E-state index in [0.717, 1.165) is 27.6 Å². The van der Waals surface area contributed by atoms with E-state index in [0.29, 0.717) is 34.8 Å². The summed E-state index contributed by atoms with van der Waals surface area (Å²) in [7, 11) is 0. The predicted octanol–water partition coefficient (Wildman–Crippen LogP) is 6.38. The van der Waals surface area contributed by atoms with E-state index in [9.17, 15) is 9.90 Å². The lowest BCUT2D eigenvalue weighted by atomic mass is 9.93. The summed E-state index contributed by atoms with van der Waals surface area (Å²) in [6.07, 6.45) is -0.221. The van der Waals surface area contributed by atoms with E-state index in [1.807, 2.05) is 61.5 Å². The van der Waals surface area contributed by atoms with Crippen molar-refractivity contribution >= 4 is 16.9 Å². The Morgan fingerprint density at radius 3 is 2.47 bits per heavy atom. The lowest BCUT2D eigenvalue weighted by Gasteiger charge is -2.22. The molecule has 0 bridgehead atoms. The number of rotatable bonds is 8. The largest absolute Gasteiger partial charge is 0.461 e. The van der Waals surface area contributed by atoms with Crippen LogP contribution in [0.1, 0.15) is 62.7 Å². The van der Waals surface area contributed by atoms with Crippen LogP contribution in [0.25, 0.3) is 11.0 Å². The average Bonchev–Trinajstić information content (AvgIpc) is 3.44. The number of carbonyl (C=O) groups excluding carboxylic acids is 1. The molecule has 2 aromatic heterocycles. The molecule has 0 radical (unpaired) electrons. The van der Waals surface area contributed by atoms with Crippen LogP contribution < -0.4 is 5.32 Å². The quantitative estimate of drug-likeness (QED) is 0.254. The van der Waals surface area contributed by atoms with Gasteiger partial charge in [-0.1, -0.05) is 65.3 Å². The summed E-state index contributed by atoms with van der Waals surface area (Å²) in [5.74, 6) is 1.21. The number of benzene rings is 3. The van der Waals surface area contributed by atoms with Gasteiger partial charge in [-0.2, -0.15) is 0 Å². The monoisotopic (exact) mass is 508 g/mol. The SMILES string of the molecule is Cc1ccc(C(NC(=O)Cc2ccc3oc(CC(O)c4c(C)noc4C)cc3c2)c2ccccc2)c(C)c1. The van der Waals surface area contributed by atoms with Gasteiger partial charge in [-0.15, -0.1) is 0 Å². The summed E-state index contributed by atoms with van der Waals surface area (Å²) < 4.78 is 11.2. The number of carbonyl (C=O) groups is 1. The Balaban J connectivity index is 1.33. The number of aliphatic hydroxyl groups excluding tert-OH is 1. The highest BCUT2D eigenvalue weighted by Gasteiger charge is 2.21. The van der Waals surface area contributed by atoms with Crippen LogP contribution in [0.3, 0.4) is 0 Å². The minimum atomic E-state index is -0.771. The van der Waals surface area contributed by atoms with Gasteiger partial charge < -0.3 is 19.4 Å². The van der Waals surface area contributed by atoms with Crippen LogP contribution in [0.15, 0.2) is 81.7 Å². The third kappa shape index (κ3) is 5.41. The molecule has 6 heteroatoms. The van der Waals surface area contributed by atoms with E-state index in [1.54, 1.807) is 6.92 Å². The van der Waals surface area contributed by atoms with Gasteiger partial charge in [-0.25, -0.2) is 0 Å². The van der Waals surface area contributed by atoms with Crippen molar-refractivity contribution in [3.63, 3.8) is 0 Å². The summed E-state index contributed by atoms with van der Waals surface area (Å²) in [5, 5.41) is 18.8. The first kappa shape index (κ1) is 25.5. The molecule has 2 heterocycles. The number of aromatic nitrogens is 1. The molecule has 0 fully saturated rings. The summed E-state index contributed by atoms with van der Waals surface area (Å²) in [6.45, 7) is 7.75. The standard InChI is InChI=1S/C32H32N2O4/c1-19-10-12-27(20(2)14-19)32(24-8-6-5-7-9-24)33-30(36)16-23-11-13-29-25(15-23)17-26(37-29)18-28(35)31-21(3)34-38-22(31)4/h5-15,17,28,32,35H,16,18H2,1-4H3,(H,33,36). The normalized spacial score (nSPS) is 13.0. The second kappa shape index (κ2) is 10.7. The van der Waals surface area contributed by atoms with Crippen LogP contribution in [0.4, 0.5) is 0 Å². The number of nitrogens with one attached hydrogen (secondary N) is 1. The molecule has 2 atom stereocenters. The van der Waals surface area contributed by atoms with E-state index >= 15 is 0 Å². The van der Waals surface area contributed by atoms with Gasteiger partial charge in [0.25, 0.3) is 0 Å². The molecule has 3 aromatic carbocycles. The molecule has 0 spiro atoms. The number of amides is 1. The number of furan rings is 1. The zero-order valence-corrected chi connectivity index (χ0v) is 22.1. The summed E-state index contributed by atoms with van der Waals surface area (Å²) in [4.78, 5) is 13.2. The highest BCUT2D eigenvalue weighted by atomic mass is 16.5. The molecule has 5 rings (SSSR count). The Morgan fingerprint density at radius 2 is 1.76 bits per heavy atom. The van der Waals surface area contributed by atoms with Gasteiger partial charge in [-0.3, -0.25) is 4.79 Å². The van der Waals surface area contributed by atoms with E-state index in [4.69, 9.17) is 8.94 Å². The molecular formula is C32H32N2O4. The number of aryl methyl sites for hydroxylation is 4. The number of nitrogens with zero attached hydrogens (tertiary/aromatic N) is 1. The van der Waals surface area contributed by atoms with E-state index in [1.165, 1.54) is 5.56 Å². The average molecular weight is 509 g/mol. The Kier molecular flexibility index (Phi) is 7.16. The smallest absolute Gasteiger partial charge is 0.225 e. The van der Waals surface area contributed by atoms with Gasteiger partial charge in [0.1, 0.15) is 17.1 Å². The molecule has 1 amide bonds. The Labute approximate surface area is 222 Å². The van der Waals surface area contributed by atoms with Gasteiger partial charge in [0.2, 0.25) is 5.91 Å². The molecule has 194 valence electrons. The second-order valence-electron chi connectivity index (χ2n) is 9.99. The number of fused-ring (bicyclic) bond motifs is 1. The Bertz CT molecular complexity index is 1560. The van der Waals surface area contributed by atoms with Crippen LogP contribution in [-0.4, -0.2) is 16.2 Å². The summed E-state index contributed by atoms with van der Waals surface area (Å²) >= 11 is 0. The fourth-order valence-corrected chi connectivity index (χ4v) is 5.15. The van der Waals surface area contributed by atoms with Crippen molar-refractivity contribution in [3.8, 4) is 0 Å². The van der Waals surface area contributed by atoms with Gasteiger partial charge in [0, 0.05) is 17.4 Å². The molecule has 2 N–H and O–H groups in total. The molecule has 0 saturated heterocycles. The highest BCUT2D eigenvalue weighted by molar-refractivity contribution is 5.83. The number of aliphatic hydroxyl groups is 1. The third-order valence-corrected chi connectivity index (χ3v) is 6.99. The van der Waals surface area contributed by atoms with Crippen LogP contribution in [0.2, 0.25) is 0 Å². The second-order valence-corrected chi connectivity index (χ2v) is 9.99. The van der Waals surface area contributed by atoms with Gasteiger partial charge in [0.05, 0.1) is 24.3 Å². The highest BCUT2D eigenvalue weighted by Crippen LogP contribution is 2.29. The van der Waals surface area contributed by atoms with Gasteiger partial charge >= 0.3 is 0 Å². The molecule has 0 aliphatic carbocycles. The maximum absolute atomic E-state index is 13.2. The van der Waals surface area contributed by atoms with Crippen LogP contribution in [0.5, 0.6) is 0 Å². The lowest BCUT2D eigenvalue weighted by Crippen LogP contribution is -2.31. The lowest BCUT2D eigenvalue weighted by molar-refractivity contribution is -0.120. The van der Waals surface area contributed by atoms with E-state index in [2.05, 4.69) is 42.5 Å². The van der Waals surface area contributed by atoms with Gasteiger partial charge in [0.15, 0.2) is 0 Å². The minimum Gasteiger partial charge on any atom is -0.461 e. The molecule has 0 aliphatic heterocycles. The van der Waals surface area contributed by atoms with E-state index < -0.39 is 6.10 Å². The van der Waals surface area contributed by atoms with Crippen molar-refractivity contribution in [2.24, 2.45) is 0 Å². The van der Waals surface area contributed by atoms with Crippen molar-refractivity contribution in [2.75, 3.05) is 0 Å². The topological polar surface area (TPSA) is 88.5 Å². The van der Waals surface area contributed by atoms with E-state index in [-0.39, 0.29) is 18.4 Å². The van der Waals surface area contributed by atoms with Crippen molar-refractivity contribution in [1.29, 1.82) is 0 Å². The number of hydrogen-bond donors (Lipinski definition) is 2. The van der Waals surface area contributed by atoms with Crippen LogP contribution in [-0.2, 0) is 17.6 Å². The van der Waals surface area contributed by atoms with Crippen molar-refractivity contribution < 1.29 is 18.8 Å². The Hall–Kier alpha value is -4.16. The first-order chi connectivity index (χ1) is 18.3. The zero-order chi connectivity index (χ0) is 26.8. The Morgan fingerprint density at radius 1 is 0.974 bits per heavy atom. The molecular weight excluding hydrogens is 476 g/mol. The molecule has 2 unspecified atom stereocenters. The number of hydrogen-bond acceptors (Lipinski definition) is 5. The summed E-state index contributed by atoms with van der Waals surface area (Å²) in [5.41, 5.74) is 7.44. The molecule has 6 nitrogen and oxygen atoms in total. The van der Waals surface area contributed by atoms with Crippen molar-refractivity contribution in [1.82, 2.24) is 10.5 Å². The predicted molar refractivity (Wildman–Crippen MR) is 147 cm³/mol. The van der Waals surface area contributed by atoms with Gasteiger partial charge in [-0.05, 0) is 68.1 Å². The molecule has 0 saturated carbocycles. The fourth-order valence-electron chi connectivity index (χ4n) is 5.15. The minimum absolute atomic E-state index is 0.0595.